The van der Waals surface area contributed by atoms with Crippen LogP contribution in [0.1, 0.15) is 44.1 Å². The third-order valence-corrected chi connectivity index (χ3v) is 4.99. The molecule has 2 N–H and O–H groups in total. The Morgan fingerprint density at radius 3 is 2.71 bits per heavy atom. The highest BCUT2D eigenvalue weighted by Gasteiger charge is 2.45. The number of carbonyl (C=O) groups is 1. The second-order valence-electron chi connectivity index (χ2n) is 6.45. The predicted octanol–water partition coefficient (Wildman–Crippen LogP) is 2.59. The molecule has 0 spiro atoms. The number of nitrogens with two attached hydrogens (primary N) is 1. The lowest BCUT2D eigenvalue weighted by Crippen LogP contribution is -2.52. The van der Waals surface area contributed by atoms with Gasteiger partial charge in [-0.15, -0.1) is 0 Å². The fourth-order valence-electron chi connectivity index (χ4n) is 3.89. The molecule has 1 aliphatic carbocycles. The van der Waals surface area contributed by atoms with Gasteiger partial charge in [-0.2, -0.15) is 0 Å². The Morgan fingerprint density at radius 1 is 1.29 bits per heavy atom. The van der Waals surface area contributed by atoms with Crippen molar-refractivity contribution in [2.24, 2.45) is 5.73 Å². The molecule has 1 saturated carbocycles. The highest BCUT2D eigenvalue weighted by Crippen LogP contribution is 2.43. The molecule has 1 atom stereocenters. The van der Waals surface area contributed by atoms with Crippen LogP contribution in [0.4, 0.5) is 4.39 Å². The molecule has 1 heterocycles. The lowest BCUT2D eigenvalue weighted by Gasteiger charge is -2.38. The molecule has 21 heavy (non-hydrogen) atoms. The number of hydrogen-bond acceptors (Lipinski definition) is 2. The first-order valence-corrected chi connectivity index (χ1v) is 7.93. The normalized spacial score (nSPS) is 25.0. The quantitative estimate of drug-likeness (QED) is 0.910. The number of benzene rings is 1. The molecule has 1 aromatic rings. The fraction of sp³-hybridized carbons (Fsp3) is 0.588. The van der Waals surface area contributed by atoms with Crippen LogP contribution < -0.4 is 5.73 Å². The monoisotopic (exact) mass is 290 g/mol. The topological polar surface area (TPSA) is 46.3 Å². The summed E-state index contributed by atoms with van der Waals surface area (Å²) in [5, 5.41) is 0. The van der Waals surface area contributed by atoms with E-state index in [1.54, 1.807) is 6.07 Å². The van der Waals surface area contributed by atoms with Gasteiger partial charge < -0.3 is 10.6 Å². The van der Waals surface area contributed by atoms with Crippen LogP contribution in [0, 0.1) is 5.82 Å². The van der Waals surface area contributed by atoms with Crippen LogP contribution in [0.2, 0.25) is 0 Å². The molecule has 114 valence electrons. The highest BCUT2D eigenvalue weighted by molar-refractivity contribution is 5.88. The Bertz CT molecular complexity index is 525. The van der Waals surface area contributed by atoms with Gasteiger partial charge in [-0.05, 0) is 43.4 Å². The minimum absolute atomic E-state index is 0.0775. The summed E-state index contributed by atoms with van der Waals surface area (Å²) in [5.41, 5.74) is 6.32. The minimum Gasteiger partial charge on any atom is -0.340 e. The largest absolute Gasteiger partial charge is 0.340 e. The first-order valence-electron chi connectivity index (χ1n) is 7.93. The summed E-state index contributed by atoms with van der Waals surface area (Å²) in [7, 11) is 0. The van der Waals surface area contributed by atoms with E-state index in [9.17, 15) is 9.18 Å². The Morgan fingerprint density at radius 2 is 2.05 bits per heavy atom. The molecule has 0 bridgehead atoms. The van der Waals surface area contributed by atoms with Gasteiger partial charge >= 0.3 is 0 Å². The Hall–Kier alpha value is -1.42. The SMILES string of the molecule is NC1CCCN(C(=O)C2(c3cccc(F)c3)CCCC2)C1. The van der Waals surface area contributed by atoms with Gasteiger partial charge in [-0.1, -0.05) is 25.0 Å². The van der Waals surface area contributed by atoms with Crippen molar-refractivity contribution in [3.05, 3.63) is 35.6 Å². The fourth-order valence-corrected chi connectivity index (χ4v) is 3.89. The van der Waals surface area contributed by atoms with Crippen LogP contribution in [0.25, 0.3) is 0 Å². The molecule has 2 fully saturated rings. The molecule has 2 aliphatic rings. The van der Waals surface area contributed by atoms with Crippen molar-refractivity contribution >= 4 is 5.91 Å². The molecule has 1 aliphatic heterocycles. The number of carbonyl (C=O) groups excluding carboxylic acids is 1. The summed E-state index contributed by atoms with van der Waals surface area (Å²) in [6.45, 7) is 1.42. The zero-order chi connectivity index (χ0) is 14.9. The van der Waals surface area contributed by atoms with Gasteiger partial charge in [0.15, 0.2) is 0 Å². The molecular weight excluding hydrogens is 267 g/mol. The molecular formula is C17H23FN2O. The third kappa shape index (κ3) is 2.69. The Labute approximate surface area is 125 Å². The van der Waals surface area contributed by atoms with Crippen LogP contribution in [0.3, 0.4) is 0 Å². The summed E-state index contributed by atoms with van der Waals surface area (Å²) in [6, 6.07) is 6.66. The second-order valence-corrected chi connectivity index (χ2v) is 6.45. The Balaban J connectivity index is 1.92. The van der Waals surface area contributed by atoms with E-state index in [1.807, 2.05) is 11.0 Å². The van der Waals surface area contributed by atoms with E-state index in [0.717, 1.165) is 50.6 Å². The van der Waals surface area contributed by atoms with Gasteiger partial charge in [0, 0.05) is 19.1 Å². The first-order chi connectivity index (χ1) is 10.1. The van der Waals surface area contributed by atoms with E-state index in [1.165, 1.54) is 12.1 Å². The van der Waals surface area contributed by atoms with Crippen molar-refractivity contribution in [1.82, 2.24) is 4.90 Å². The van der Waals surface area contributed by atoms with Crippen molar-refractivity contribution in [2.75, 3.05) is 13.1 Å². The molecule has 3 rings (SSSR count). The summed E-state index contributed by atoms with van der Waals surface area (Å²) < 4.78 is 13.6. The predicted molar refractivity (Wildman–Crippen MR) is 80.3 cm³/mol. The van der Waals surface area contributed by atoms with Gasteiger partial charge in [0.1, 0.15) is 5.82 Å². The van der Waals surface area contributed by atoms with E-state index >= 15 is 0 Å². The Kier molecular flexibility index (Phi) is 3.98. The average molecular weight is 290 g/mol. The van der Waals surface area contributed by atoms with Crippen molar-refractivity contribution in [3.63, 3.8) is 0 Å². The average Bonchev–Trinajstić information content (AvgIpc) is 2.97. The van der Waals surface area contributed by atoms with Crippen molar-refractivity contribution in [1.29, 1.82) is 0 Å². The maximum Gasteiger partial charge on any atom is 0.233 e. The zero-order valence-electron chi connectivity index (χ0n) is 12.4. The van der Waals surface area contributed by atoms with Gasteiger partial charge in [0.05, 0.1) is 5.41 Å². The third-order valence-electron chi connectivity index (χ3n) is 4.99. The molecule has 0 radical (unpaired) electrons. The number of halogens is 1. The lowest BCUT2D eigenvalue weighted by atomic mass is 9.77. The number of hydrogen-bond donors (Lipinski definition) is 1. The van der Waals surface area contributed by atoms with Crippen LogP contribution in [-0.4, -0.2) is 29.9 Å². The van der Waals surface area contributed by atoms with Crippen molar-refractivity contribution < 1.29 is 9.18 Å². The van der Waals surface area contributed by atoms with Crippen LogP contribution in [0.15, 0.2) is 24.3 Å². The number of rotatable bonds is 2. The molecule has 4 heteroatoms. The van der Waals surface area contributed by atoms with Crippen molar-refractivity contribution in [3.8, 4) is 0 Å². The van der Waals surface area contributed by atoms with E-state index in [2.05, 4.69) is 0 Å². The van der Waals surface area contributed by atoms with E-state index in [0.29, 0.717) is 6.54 Å². The second kappa shape index (κ2) is 5.76. The first kappa shape index (κ1) is 14.5. The number of likely N-dealkylation sites (tertiary alicyclic amines) is 1. The van der Waals surface area contributed by atoms with Crippen molar-refractivity contribution in [2.45, 2.75) is 50.0 Å². The standard InChI is InChI=1S/C17H23FN2O/c18-14-6-3-5-13(11-14)17(8-1-2-9-17)16(21)20-10-4-7-15(19)12-20/h3,5-6,11,15H,1-2,4,7-10,12,19H2. The van der Waals surface area contributed by atoms with Gasteiger partial charge in [0.25, 0.3) is 0 Å². The van der Waals surface area contributed by atoms with Crippen LogP contribution in [0.5, 0.6) is 0 Å². The molecule has 1 amide bonds. The van der Waals surface area contributed by atoms with Gasteiger partial charge in [0.2, 0.25) is 5.91 Å². The van der Waals surface area contributed by atoms with Crippen LogP contribution >= 0.6 is 0 Å². The van der Waals surface area contributed by atoms with E-state index < -0.39 is 5.41 Å². The zero-order valence-corrected chi connectivity index (χ0v) is 12.4. The number of nitrogens with zero attached hydrogens (tertiary/aromatic N) is 1. The van der Waals surface area contributed by atoms with Gasteiger partial charge in [-0.3, -0.25) is 4.79 Å². The minimum atomic E-state index is -0.529. The number of amides is 1. The molecule has 1 unspecified atom stereocenters. The summed E-state index contributed by atoms with van der Waals surface area (Å²) >= 11 is 0. The van der Waals surface area contributed by atoms with Gasteiger partial charge in [-0.25, -0.2) is 4.39 Å². The molecule has 3 nitrogen and oxygen atoms in total. The summed E-state index contributed by atoms with van der Waals surface area (Å²) in [4.78, 5) is 15.0. The van der Waals surface area contributed by atoms with E-state index in [4.69, 9.17) is 5.73 Å². The maximum atomic E-state index is 13.6. The molecule has 1 aromatic carbocycles. The summed E-state index contributed by atoms with van der Waals surface area (Å²) in [6.07, 6.45) is 5.65. The molecule has 0 aromatic heterocycles. The summed E-state index contributed by atoms with van der Waals surface area (Å²) in [5.74, 6) is -0.109. The van der Waals surface area contributed by atoms with E-state index in [-0.39, 0.29) is 17.8 Å². The maximum absolute atomic E-state index is 13.6. The molecule has 1 saturated heterocycles. The smallest absolute Gasteiger partial charge is 0.233 e. The van der Waals surface area contributed by atoms with Crippen LogP contribution in [-0.2, 0) is 10.2 Å². The highest BCUT2D eigenvalue weighted by atomic mass is 19.1. The number of piperidine rings is 1. The lowest BCUT2D eigenvalue weighted by molar-refractivity contribution is -0.138.